The highest BCUT2D eigenvalue weighted by atomic mass is 127. The van der Waals surface area contributed by atoms with Crippen molar-refractivity contribution in [3.63, 3.8) is 0 Å². The fourth-order valence-corrected chi connectivity index (χ4v) is 7.48. The van der Waals surface area contributed by atoms with Crippen molar-refractivity contribution in [2.24, 2.45) is 9.98 Å². The van der Waals surface area contributed by atoms with Crippen molar-refractivity contribution >= 4 is 75.3 Å². The molecule has 0 saturated carbocycles. The number of fused-ring (bicyclic) bond motifs is 4. The normalized spacial score (nSPS) is 18.0. The van der Waals surface area contributed by atoms with Gasteiger partial charge in [-0.2, -0.15) is 0 Å². The lowest BCUT2D eigenvalue weighted by Crippen LogP contribution is -2.32. The summed E-state index contributed by atoms with van der Waals surface area (Å²) in [6.07, 6.45) is 9.30. The van der Waals surface area contributed by atoms with Crippen molar-refractivity contribution in [1.82, 2.24) is 9.80 Å². The predicted molar refractivity (Wildman–Crippen MR) is 220 cm³/mol. The van der Waals surface area contributed by atoms with Gasteiger partial charge in [0.2, 0.25) is 0 Å². The van der Waals surface area contributed by atoms with Crippen LogP contribution in [0.1, 0.15) is 51.1 Å². The lowest BCUT2D eigenvalue weighted by atomic mass is 10.0. The number of anilines is 1. The van der Waals surface area contributed by atoms with Gasteiger partial charge in [-0.05, 0) is 58.7 Å². The molecule has 2 amide bonds. The van der Waals surface area contributed by atoms with Crippen LogP contribution >= 0.6 is 22.9 Å². The molecule has 13 heteroatoms. The van der Waals surface area contributed by atoms with Crippen LogP contribution in [0.4, 0.5) is 17.1 Å². The van der Waals surface area contributed by atoms with Gasteiger partial charge in [0.1, 0.15) is 5.75 Å². The maximum atomic E-state index is 13.8. The van der Waals surface area contributed by atoms with E-state index in [4.69, 9.17) is 33.7 Å². The average molecular weight is 852 g/mol. The Kier molecular flexibility index (Phi) is 10.2. The molecule has 0 radical (unpaired) electrons. The molecular weight excluding hydrogens is 813 g/mol. The highest BCUT2D eigenvalue weighted by Gasteiger charge is 2.35. The van der Waals surface area contributed by atoms with Crippen LogP contribution in [0.5, 0.6) is 28.7 Å². The van der Waals surface area contributed by atoms with Crippen molar-refractivity contribution in [2.75, 3.05) is 38.1 Å². The first-order chi connectivity index (χ1) is 26.9. The van der Waals surface area contributed by atoms with E-state index in [9.17, 15) is 9.59 Å². The monoisotopic (exact) mass is 851 g/mol. The number of hydrogen-bond acceptors (Lipinski definition) is 10. The lowest BCUT2D eigenvalue weighted by Gasteiger charge is -2.19. The number of hydrogen-bond donors (Lipinski definition) is 1. The summed E-state index contributed by atoms with van der Waals surface area (Å²) in [5, 5.41) is 0. The lowest BCUT2D eigenvalue weighted by molar-refractivity contribution is 0.0809. The van der Waals surface area contributed by atoms with E-state index in [0.717, 1.165) is 33.7 Å². The highest BCUT2D eigenvalue weighted by molar-refractivity contribution is 14.1. The molecule has 0 fully saturated rings. The van der Waals surface area contributed by atoms with Gasteiger partial charge >= 0.3 is 0 Å². The second-order valence-corrected chi connectivity index (χ2v) is 13.9. The van der Waals surface area contributed by atoms with Gasteiger partial charge in [0.05, 0.1) is 92.0 Å². The third-order valence-electron chi connectivity index (χ3n) is 10.1. The molecule has 0 aliphatic carbocycles. The number of rotatable bonds is 12. The summed E-state index contributed by atoms with van der Waals surface area (Å²) in [7, 11) is 4.73. The van der Waals surface area contributed by atoms with Gasteiger partial charge < -0.3 is 37.0 Å². The molecule has 4 aliphatic heterocycles. The van der Waals surface area contributed by atoms with Crippen molar-refractivity contribution in [1.29, 1.82) is 0 Å². The van der Waals surface area contributed by atoms with Gasteiger partial charge in [0.15, 0.2) is 23.0 Å². The number of carbonyl (C=O) groups is 2. The fourth-order valence-electron chi connectivity index (χ4n) is 7.12. The number of benzene rings is 4. The number of methoxy groups -OCH3 is 3. The standard InChI is InChI=1S/C42H38IN5O7/c1-51-32-11-7-26(8-12-32)28-16-31-22-45-36-20-40(38(53-3)18-34(36)42(50)48(31)24-28)55-14-4-13-54-39-19-35-33(17-37(39)52-2)41(49)47-23-27(15-30(47)21-44-35)25-5-9-29(46-43)10-6-25/h5-12,17-24,30-31,46H,4,13-16H2,1-3H3/t30-,31-/m0/s1. The quantitative estimate of drug-likeness (QED) is 0.0859. The zero-order valence-electron chi connectivity index (χ0n) is 30.5. The van der Waals surface area contributed by atoms with Gasteiger partial charge in [0.25, 0.3) is 11.8 Å². The Morgan fingerprint density at radius 3 is 1.56 bits per heavy atom. The Bertz CT molecular complexity index is 2110. The molecule has 8 rings (SSSR count). The SMILES string of the molecule is COc1ccc(C2=CN3C(=O)c4cc(OC)c(OCCCOc5cc6c(cc5OC)C(=O)N5C=C(c7ccc(NI)cc7)C[C@H]5C=N6)cc4N=C[C@@H]3C2)cc1. The minimum absolute atomic E-state index is 0.146. The number of aliphatic imine (C=N–C) groups is 2. The van der Waals surface area contributed by atoms with Gasteiger partial charge in [-0.1, -0.05) is 24.3 Å². The maximum absolute atomic E-state index is 13.8. The number of ether oxygens (including phenoxy) is 5. The van der Waals surface area contributed by atoms with E-state index in [0.29, 0.717) is 78.0 Å². The average Bonchev–Trinajstić information content (AvgIpc) is 3.80. The fraction of sp³-hybridized carbons (Fsp3) is 0.238. The van der Waals surface area contributed by atoms with E-state index in [-0.39, 0.29) is 23.9 Å². The summed E-state index contributed by atoms with van der Waals surface area (Å²) < 4.78 is 31.9. The third-order valence-corrected chi connectivity index (χ3v) is 10.7. The van der Waals surface area contributed by atoms with Gasteiger partial charge in [-0.25, -0.2) is 0 Å². The molecule has 4 aromatic carbocycles. The van der Waals surface area contributed by atoms with Crippen LogP contribution in [0, 0.1) is 0 Å². The summed E-state index contributed by atoms with van der Waals surface area (Å²) in [5.74, 6) is 2.31. The summed E-state index contributed by atoms with van der Waals surface area (Å²) in [5.41, 5.74) is 7.16. The van der Waals surface area contributed by atoms with Crippen LogP contribution in [0.3, 0.4) is 0 Å². The van der Waals surface area contributed by atoms with E-state index in [1.165, 1.54) is 0 Å². The largest absolute Gasteiger partial charge is 0.497 e. The smallest absolute Gasteiger partial charge is 0.260 e. The first kappa shape index (κ1) is 36.2. The molecule has 4 heterocycles. The molecule has 0 aromatic heterocycles. The van der Waals surface area contributed by atoms with Crippen molar-refractivity contribution in [2.45, 2.75) is 31.3 Å². The molecule has 12 nitrogen and oxygen atoms in total. The van der Waals surface area contributed by atoms with Crippen LogP contribution < -0.4 is 27.2 Å². The van der Waals surface area contributed by atoms with Crippen LogP contribution in [-0.2, 0) is 0 Å². The summed E-state index contributed by atoms with van der Waals surface area (Å²) >= 11 is 2.10. The van der Waals surface area contributed by atoms with Crippen molar-refractivity contribution in [3.8, 4) is 28.7 Å². The highest BCUT2D eigenvalue weighted by Crippen LogP contribution is 2.42. The van der Waals surface area contributed by atoms with E-state index in [1.54, 1.807) is 55.4 Å². The molecule has 280 valence electrons. The number of nitrogens with zero attached hydrogens (tertiary/aromatic N) is 4. The van der Waals surface area contributed by atoms with E-state index in [2.05, 4.69) is 26.4 Å². The number of halogens is 1. The Morgan fingerprint density at radius 1 is 0.655 bits per heavy atom. The molecular formula is C42H38IN5O7. The third kappa shape index (κ3) is 7.11. The molecule has 0 saturated heterocycles. The molecule has 0 bridgehead atoms. The summed E-state index contributed by atoms with van der Waals surface area (Å²) in [6, 6.07) is 22.4. The van der Waals surface area contributed by atoms with Gasteiger partial charge in [0, 0.05) is 61.9 Å². The Labute approximate surface area is 332 Å². The Morgan fingerprint density at radius 2 is 1.13 bits per heavy atom. The van der Waals surface area contributed by atoms with E-state index < -0.39 is 0 Å². The van der Waals surface area contributed by atoms with Crippen LogP contribution in [0.15, 0.2) is 95.2 Å². The van der Waals surface area contributed by atoms with E-state index >= 15 is 0 Å². The molecule has 4 aliphatic rings. The van der Waals surface area contributed by atoms with Gasteiger partial charge in [-0.3, -0.25) is 19.6 Å². The van der Waals surface area contributed by atoms with Crippen LogP contribution in [0.2, 0.25) is 0 Å². The molecule has 1 N–H and O–H groups in total. The van der Waals surface area contributed by atoms with Crippen LogP contribution in [-0.4, -0.2) is 80.7 Å². The molecule has 0 spiro atoms. The van der Waals surface area contributed by atoms with Crippen LogP contribution in [0.25, 0.3) is 11.1 Å². The Hall–Kier alpha value is -5.83. The zero-order valence-corrected chi connectivity index (χ0v) is 32.6. The van der Waals surface area contributed by atoms with Gasteiger partial charge in [-0.15, -0.1) is 0 Å². The minimum Gasteiger partial charge on any atom is -0.497 e. The molecule has 55 heavy (non-hydrogen) atoms. The first-order valence-corrected chi connectivity index (χ1v) is 18.9. The summed E-state index contributed by atoms with van der Waals surface area (Å²) in [4.78, 5) is 40.4. The van der Waals surface area contributed by atoms with E-state index in [1.807, 2.05) is 73.4 Å². The number of nitrogens with one attached hydrogen (secondary N) is 1. The maximum Gasteiger partial charge on any atom is 0.260 e. The Balaban J connectivity index is 0.906. The second-order valence-electron chi connectivity index (χ2n) is 13.3. The zero-order chi connectivity index (χ0) is 38.1. The minimum atomic E-state index is -0.202. The molecule has 4 aromatic rings. The number of amides is 2. The molecule has 2 atom stereocenters. The topological polar surface area (TPSA) is 124 Å². The second kappa shape index (κ2) is 15.5. The number of carbonyl (C=O) groups excluding carboxylic acids is 2. The van der Waals surface area contributed by atoms with Crippen molar-refractivity contribution in [3.05, 3.63) is 107 Å². The molecule has 0 unspecified atom stereocenters. The summed E-state index contributed by atoms with van der Waals surface area (Å²) in [6.45, 7) is 0.616. The van der Waals surface area contributed by atoms with Crippen molar-refractivity contribution < 1.29 is 33.3 Å². The predicted octanol–water partition coefficient (Wildman–Crippen LogP) is 8.27. The first-order valence-electron chi connectivity index (χ1n) is 17.8.